The van der Waals surface area contributed by atoms with Gasteiger partial charge in [-0.2, -0.15) is 0 Å². The predicted octanol–water partition coefficient (Wildman–Crippen LogP) is 1.11. The molecule has 3 nitrogen and oxygen atoms in total. The summed E-state index contributed by atoms with van der Waals surface area (Å²) >= 11 is 0. The molecule has 0 spiro atoms. The van der Waals surface area contributed by atoms with Gasteiger partial charge < -0.3 is 9.84 Å². The molecule has 3 atom stereocenters. The number of aliphatic hydroxyl groups excluding tert-OH is 1. The smallest absolute Gasteiger partial charge is 0.0900 e. The molecule has 3 unspecified atom stereocenters. The molecule has 1 rings (SSSR count). The molecule has 3 heteroatoms. The SMILES string of the molecule is CCOCC(O)CN1CC(C)CC1C. The van der Waals surface area contributed by atoms with E-state index in [9.17, 15) is 5.11 Å². The summed E-state index contributed by atoms with van der Waals surface area (Å²) in [4.78, 5) is 2.36. The Morgan fingerprint density at radius 3 is 2.71 bits per heavy atom. The Balaban J connectivity index is 2.22. The van der Waals surface area contributed by atoms with Crippen LogP contribution in [-0.4, -0.2) is 48.5 Å². The topological polar surface area (TPSA) is 32.7 Å². The highest BCUT2D eigenvalue weighted by Gasteiger charge is 2.27. The Labute approximate surface area is 87.1 Å². The van der Waals surface area contributed by atoms with Gasteiger partial charge in [0.2, 0.25) is 0 Å². The first-order valence-electron chi connectivity index (χ1n) is 5.63. The van der Waals surface area contributed by atoms with E-state index in [0.717, 1.165) is 19.0 Å². The Morgan fingerprint density at radius 2 is 2.21 bits per heavy atom. The molecule has 0 aromatic heterocycles. The second-order valence-corrected chi connectivity index (χ2v) is 4.46. The maximum Gasteiger partial charge on any atom is 0.0900 e. The van der Waals surface area contributed by atoms with Gasteiger partial charge in [0.15, 0.2) is 0 Å². The van der Waals surface area contributed by atoms with Crippen LogP contribution in [0.15, 0.2) is 0 Å². The summed E-state index contributed by atoms with van der Waals surface area (Å²) in [7, 11) is 0. The molecule has 1 fully saturated rings. The van der Waals surface area contributed by atoms with Crippen molar-refractivity contribution < 1.29 is 9.84 Å². The molecule has 14 heavy (non-hydrogen) atoms. The third-order valence-electron chi connectivity index (χ3n) is 2.87. The quantitative estimate of drug-likeness (QED) is 0.723. The average molecular weight is 201 g/mol. The van der Waals surface area contributed by atoms with Crippen molar-refractivity contribution >= 4 is 0 Å². The van der Waals surface area contributed by atoms with Gasteiger partial charge in [-0.1, -0.05) is 6.92 Å². The molecule has 0 aromatic rings. The van der Waals surface area contributed by atoms with E-state index < -0.39 is 0 Å². The molecular formula is C11H23NO2. The predicted molar refractivity (Wildman–Crippen MR) is 57.3 cm³/mol. The summed E-state index contributed by atoms with van der Waals surface area (Å²) in [6, 6.07) is 0.612. The summed E-state index contributed by atoms with van der Waals surface area (Å²) in [6.45, 7) is 9.47. The molecule has 0 radical (unpaired) electrons. The minimum Gasteiger partial charge on any atom is -0.389 e. The van der Waals surface area contributed by atoms with Gasteiger partial charge in [-0.25, -0.2) is 0 Å². The van der Waals surface area contributed by atoms with Gasteiger partial charge in [-0.15, -0.1) is 0 Å². The standard InChI is InChI=1S/C11H23NO2/c1-4-14-8-11(13)7-12-6-9(2)5-10(12)3/h9-11,13H,4-8H2,1-3H3. The monoisotopic (exact) mass is 201 g/mol. The van der Waals surface area contributed by atoms with Crippen LogP contribution in [-0.2, 0) is 4.74 Å². The summed E-state index contributed by atoms with van der Waals surface area (Å²) in [5.74, 6) is 0.768. The molecule has 0 saturated carbocycles. The van der Waals surface area contributed by atoms with Gasteiger partial charge in [0.25, 0.3) is 0 Å². The van der Waals surface area contributed by atoms with Crippen molar-refractivity contribution in [3.05, 3.63) is 0 Å². The largest absolute Gasteiger partial charge is 0.389 e. The number of hydrogen-bond donors (Lipinski definition) is 1. The third-order valence-corrected chi connectivity index (χ3v) is 2.87. The summed E-state index contributed by atoms with van der Waals surface area (Å²) in [5, 5.41) is 9.68. The number of rotatable bonds is 5. The van der Waals surface area contributed by atoms with Crippen LogP contribution in [0.4, 0.5) is 0 Å². The highest BCUT2D eigenvalue weighted by molar-refractivity contribution is 4.81. The van der Waals surface area contributed by atoms with Crippen LogP contribution in [0.3, 0.4) is 0 Å². The first-order chi connectivity index (χ1) is 6.63. The Bertz CT molecular complexity index is 163. The van der Waals surface area contributed by atoms with Crippen LogP contribution >= 0.6 is 0 Å². The maximum absolute atomic E-state index is 9.68. The summed E-state index contributed by atoms with van der Waals surface area (Å²) < 4.78 is 5.19. The fourth-order valence-corrected chi connectivity index (χ4v) is 2.22. The van der Waals surface area contributed by atoms with Crippen molar-refractivity contribution in [2.75, 3.05) is 26.3 Å². The van der Waals surface area contributed by atoms with Crippen molar-refractivity contribution in [2.24, 2.45) is 5.92 Å². The lowest BCUT2D eigenvalue weighted by Crippen LogP contribution is -2.37. The van der Waals surface area contributed by atoms with E-state index in [1.54, 1.807) is 0 Å². The fourth-order valence-electron chi connectivity index (χ4n) is 2.22. The zero-order chi connectivity index (χ0) is 10.6. The van der Waals surface area contributed by atoms with Crippen molar-refractivity contribution in [1.29, 1.82) is 0 Å². The van der Waals surface area contributed by atoms with Crippen molar-refractivity contribution in [3.8, 4) is 0 Å². The summed E-state index contributed by atoms with van der Waals surface area (Å²) in [5.41, 5.74) is 0. The van der Waals surface area contributed by atoms with E-state index >= 15 is 0 Å². The van der Waals surface area contributed by atoms with Gasteiger partial charge in [0.05, 0.1) is 12.7 Å². The van der Waals surface area contributed by atoms with E-state index in [-0.39, 0.29) is 6.10 Å². The van der Waals surface area contributed by atoms with Crippen LogP contribution in [0.1, 0.15) is 27.2 Å². The lowest BCUT2D eigenvalue weighted by molar-refractivity contribution is 0.0196. The normalized spacial score (nSPS) is 30.9. The number of likely N-dealkylation sites (tertiary alicyclic amines) is 1. The van der Waals surface area contributed by atoms with Gasteiger partial charge in [-0.3, -0.25) is 4.90 Å². The molecule has 1 aliphatic rings. The molecule has 1 aliphatic heterocycles. The van der Waals surface area contributed by atoms with Gasteiger partial charge in [0.1, 0.15) is 0 Å². The molecular weight excluding hydrogens is 178 g/mol. The zero-order valence-corrected chi connectivity index (χ0v) is 9.57. The second kappa shape index (κ2) is 5.69. The molecule has 0 amide bonds. The fraction of sp³-hybridized carbons (Fsp3) is 1.00. The minimum atomic E-state index is -0.331. The second-order valence-electron chi connectivity index (χ2n) is 4.46. The van der Waals surface area contributed by atoms with Crippen molar-refractivity contribution in [2.45, 2.75) is 39.3 Å². The van der Waals surface area contributed by atoms with E-state index in [1.807, 2.05) is 6.92 Å². The van der Waals surface area contributed by atoms with Crippen LogP contribution in [0.5, 0.6) is 0 Å². The van der Waals surface area contributed by atoms with E-state index in [4.69, 9.17) is 4.74 Å². The Kier molecular flexibility index (Phi) is 4.85. The molecule has 84 valence electrons. The Morgan fingerprint density at radius 1 is 1.50 bits per heavy atom. The summed E-state index contributed by atoms with van der Waals surface area (Å²) in [6.07, 6.45) is 0.921. The number of nitrogens with zero attached hydrogens (tertiary/aromatic N) is 1. The first-order valence-corrected chi connectivity index (χ1v) is 5.63. The molecule has 0 bridgehead atoms. The Hall–Kier alpha value is -0.120. The van der Waals surface area contributed by atoms with Gasteiger partial charge >= 0.3 is 0 Å². The number of hydrogen-bond acceptors (Lipinski definition) is 3. The maximum atomic E-state index is 9.68. The first kappa shape index (κ1) is 12.0. The lowest BCUT2D eigenvalue weighted by Gasteiger charge is -2.23. The van der Waals surface area contributed by atoms with Gasteiger partial charge in [0, 0.05) is 25.7 Å². The highest BCUT2D eigenvalue weighted by atomic mass is 16.5. The molecule has 1 heterocycles. The van der Waals surface area contributed by atoms with Crippen LogP contribution in [0.25, 0.3) is 0 Å². The average Bonchev–Trinajstić information content (AvgIpc) is 2.42. The third kappa shape index (κ3) is 3.56. The van der Waals surface area contributed by atoms with E-state index in [1.165, 1.54) is 6.42 Å². The van der Waals surface area contributed by atoms with Crippen LogP contribution < -0.4 is 0 Å². The van der Waals surface area contributed by atoms with Gasteiger partial charge in [-0.05, 0) is 26.2 Å². The number of ether oxygens (including phenoxy) is 1. The minimum absolute atomic E-state index is 0.331. The van der Waals surface area contributed by atoms with Crippen LogP contribution in [0.2, 0.25) is 0 Å². The number of β-amino-alcohol motifs (C(OH)–C–C–N with tert-alkyl or cyclic N) is 1. The van der Waals surface area contributed by atoms with E-state index in [2.05, 4.69) is 18.7 Å². The van der Waals surface area contributed by atoms with E-state index in [0.29, 0.717) is 19.3 Å². The highest BCUT2D eigenvalue weighted by Crippen LogP contribution is 2.22. The lowest BCUT2D eigenvalue weighted by atomic mass is 10.1. The number of aliphatic hydroxyl groups is 1. The van der Waals surface area contributed by atoms with Crippen molar-refractivity contribution in [1.82, 2.24) is 4.90 Å². The zero-order valence-electron chi connectivity index (χ0n) is 9.57. The van der Waals surface area contributed by atoms with Crippen LogP contribution in [0, 0.1) is 5.92 Å². The van der Waals surface area contributed by atoms with Crippen molar-refractivity contribution in [3.63, 3.8) is 0 Å². The molecule has 1 N–H and O–H groups in total. The molecule has 1 saturated heterocycles. The molecule has 0 aromatic carbocycles. The molecule has 0 aliphatic carbocycles.